The predicted octanol–water partition coefficient (Wildman–Crippen LogP) is 9.84. The zero-order chi connectivity index (χ0) is 29.7. The molecule has 2 heterocycles. The van der Waals surface area contributed by atoms with E-state index in [1.807, 2.05) is 24.3 Å². The van der Waals surface area contributed by atoms with Gasteiger partial charge in [0.05, 0.1) is 5.69 Å². The lowest BCUT2D eigenvalue weighted by Crippen LogP contribution is -2.09. The third kappa shape index (κ3) is 4.53. The molecule has 212 valence electrons. The van der Waals surface area contributed by atoms with Crippen molar-refractivity contribution in [1.82, 2.24) is 15.0 Å². The molecular formula is C40H26N4O. The summed E-state index contributed by atoms with van der Waals surface area (Å²) < 4.78 is 6.32. The molecule has 7 aromatic carbocycles. The Kier molecular flexibility index (Phi) is 5.81. The Balaban J connectivity index is 1.20. The molecule has 5 nitrogen and oxygen atoms in total. The number of nitrogens with one attached hydrogen (secondary N) is 1. The molecule has 8 aromatic rings. The van der Waals surface area contributed by atoms with Gasteiger partial charge < -0.3 is 10.1 Å². The van der Waals surface area contributed by atoms with Crippen LogP contribution in [0.15, 0.2) is 146 Å². The highest BCUT2D eigenvalue weighted by Gasteiger charge is 2.25. The lowest BCUT2D eigenvalue weighted by atomic mass is 10.0. The molecule has 1 aliphatic heterocycles. The fourth-order valence-corrected chi connectivity index (χ4v) is 6.17. The summed E-state index contributed by atoms with van der Waals surface area (Å²) in [7, 11) is 0. The van der Waals surface area contributed by atoms with Gasteiger partial charge in [-0.2, -0.15) is 0 Å². The molecule has 1 unspecified atom stereocenters. The fourth-order valence-electron chi connectivity index (χ4n) is 6.17. The molecule has 0 fully saturated rings. The average Bonchev–Trinajstić information content (AvgIpc) is 3.56. The van der Waals surface area contributed by atoms with Gasteiger partial charge in [0.15, 0.2) is 23.7 Å². The van der Waals surface area contributed by atoms with Crippen LogP contribution in [-0.2, 0) is 0 Å². The maximum atomic E-state index is 6.32. The Hall–Kier alpha value is -6.07. The molecule has 1 N–H and O–H groups in total. The van der Waals surface area contributed by atoms with E-state index in [0.29, 0.717) is 17.5 Å². The van der Waals surface area contributed by atoms with Gasteiger partial charge in [0, 0.05) is 27.6 Å². The first-order valence-corrected chi connectivity index (χ1v) is 15.0. The van der Waals surface area contributed by atoms with Crippen LogP contribution in [0, 0.1) is 0 Å². The molecule has 0 radical (unpaired) electrons. The van der Waals surface area contributed by atoms with E-state index in [4.69, 9.17) is 19.7 Å². The third-order valence-electron chi connectivity index (χ3n) is 8.51. The number of rotatable bonds is 4. The monoisotopic (exact) mass is 578 g/mol. The van der Waals surface area contributed by atoms with Crippen molar-refractivity contribution in [3.63, 3.8) is 0 Å². The lowest BCUT2D eigenvalue weighted by Gasteiger charge is -2.11. The van der Waals surface area contributed by atoms with Gasteiger partial charge in [0.1, 0.15) is 5.75 Å². The summed E-state index contributed by atoms with van der Waals surface area (Å²) in [6, 6.07) is 50.1. The lowest BCUT2D eigenvalue weighted by molar-refractivity contribution is 0.260. The summed E-state index contributed by atoms with van der Waals surface area (Å²) in [6.45, 7) is 0. The SMILES string of the molecule is c1ccc(C2Nc3c(ccc4ccc(-c5nc(-c6ccc7ccccc7c6)nc(-c6ccc7ccccc7c6)n5)cc34)O2)cc1. The molecule has 1 atom stereocenters. The van der Waals surface area contributed by atoms with Crippen LogP contribution in [-0.4, -0.2) is 15.0 Å². The van der Waals surface area contributed by atoms with E-state index < -0.39 is 0 Å². The van der Waals surface area contributed by atoms with Crippen LogP contribution in [0.3, 0.4) is 0 Å². The number of aromatic nitrogens is 3. The standard InChI is InChI=1S/C40H26N4O/c1-2-10-28(11-3-1)40-41-36-34-24-33(19-16-27(34)20-21-35(36)45-40)39-43-37(31-17-14-25-8-4-6-12-29(25)22-31)42-38(44-39)32-18-15-26-9-5-7-13-30(26)23-32/h1-24,40-41H. The topological polar surface area (TPSA) is 59.9 Å². The Morgan fingerprint density at radius 2 is 0.933 bits per heavy atom. The van der Waals surface area contributed by atoms with E-state index in [2.05, 4.69) is 127 Å². The molecule has 0 saturated heterocycles. The summed E-state index contributed by atoms with van der Waals surface area (Å²) in [4.78, 5) is 15.1. The Labute approximate surface area is 259 Å². The summed E-state index contributed by atoms with van der Waals surface area (Å²) in [5.41, 5.74) is 4.85. The van der Waals surface area contributed by atoms with E-state index in [1.54, 1.807) is 0 Å². The van der Waals surface area contributed by atoms with Gasteiger partial charge in [-0.1, -0.05) is 121 Å². The third-order valence-corrected chi connectivity index (χ3v) is 8.51. The summed E-state index contributed by atoms with van der Waals surface area (Å²) in [5, 5.41) is 10.4. The van der Waals surface area contributed by atoms with Gasteiger partial charge in [0.2, 0.25) is 0 Å². The normalized spacial score (nSPS) is 13.9. The van der Waals surface area contributed by atoms with Gasteiger partial charge in [-0.3, -0.25) is 0 Å². The van der Waals surface area contributed by atoms with Crippen LogP contribution in [0.25, 0.3) is 66.5 Å². The van der Waals surface area contributed by atoms with Crippen molar-refractivity contribution in [3.8, 4) is 39.9 Å². The van der Waals surface area contributed by atoms with Crippen molar-refractivity contribution in [2.75, 3.05) is 5.32 Å². The summed E-state index contributed by atoms with van der Waals surface area (Å²) in [6.07, 6.45) is -0.244. The highest BCUT2D eigenvalue weighted by atomic mass is 16.5. The maximum Gasteiger partial charge on any atom is 0.196 e. The quantitative estimate of drug-likeness (QED) is 0.225. The van der Waals surface area contributed by atoms with E-state index in [1.165, 1.54) is 10.8 Å². The fraction of sp³-hybridized carbons (Fsp3) is 0.0250. The van der Waals surface area contributed by atoms with Gasteiger partial charge in [-0.25, -0.2) is 15.0 Å². The van der Waals surface area contributed by atoms with E-state index in [0.717, 1.165) is 55.2 Å². The summed E-state index contributed by atoms with van der Waals surface area (Å²) >= 11 is 0. The van der Waals surface area contributed by atoms with Gasteiger partial charge in [-0.05, 0) is 51.2 Å². The Morgan fingerprint density at radius 3 is 1.53 bits per heavy atom. The van der Waals surface area contributed by atoms with Crippen LogP contribution in [0.5, 0.6) is 5.75 Å². The highest BCUT2D eigenvalue weighted by Crippen LogP contribution is 2.43. The van der Waals surface area contributed by atoms with Crippen LogP contribution in [0.4, 0.5) is 5.69 Å². The minimum Gasteiger partial charge on any atom is -0.464 e. The van der Waals surface area contributed by atoms with Crippen molar-refractivity contribution in [3.05, 3.63) is 151 Å². The molecule has 0 amide bonds. The van der Waals surface area contributed by atoms with Gasteiger partial charge >= 0.3 is 0 Å². The van der Waals surface area contributed by atoms with Crippen molar-refractivity contribution in [2.45, 2.75) is 6.23 Å². The van der Waals surface area contributed by atoms with Crippen molar-refractivity contribution in [2.24, 2.45) is 0 Å². The second kappa shape index (κ2) is 10.3. The average molecular weight is 579 g/mol. The molecule has 1 aromatic heterocycles. The highest BCUT2D eigenvalue weighted by molar-refractivity contribution is 6.00. The van der Waals surface area contributed by atoms with Crippen LogP contribution in [0.1, 0.15) is 11.8 Å². The van der Waals surface area contributed by atoms with Crippen LogP contribution in [0.2, 0.25) is 0 Å². The van der Waals surface area contributed by atoms with E-state index in [-0.39, 0.29) is 6.23 Å². The van der Waals surface area contributed by atoms with Crippen molar-refractivity contribution >= 4 is 38.0 Å². The molecule has 0 aliphatic carbocycles. The van der Waals surface area contributed by atoms with Crippen LogP contribution >= 0.6 is 0 Å². The number of hydrogen-bond donors (Lipinski definition) is 1. The minimum absolute atomic E-state index is 0.244. The first-order valence-electron chi connectivity index (χ1n) is 15.0. The number of nitrogens with zero attached hydrogens (tertiary/aromatic N) is 3. The molecule has 1 aliphatic rings. The van der Waals surface area contributed by atoms with Crippen molar-refractivity contribution < 1.29 is 4.74 Å². The second-order valence-electron chi connectivity index (χ2n) is 11.4. The molecule has 0 saturated carbocycles. The van der Waals surface area contributed by atoms with Gasteiger partial charge in [-0.15, -0.1) is 0 Å². The smallest absolute Gasteiger partial charge is 0.196 e. The maximum absolute atomic E-state index is 6.32. The Bertz CT molecular complexity index is 2310. The number of ether oxygens (including phenoxy) is 1. The molecular weight excluding hydrogens is 552 g/mol. The Morgan fingerprint density at radius 1 is 0.444 bits per heavy atom. The molecule has 5 heteroatoms. The predicted molar refractivity (Wildman–Crippen MR) is 182 cm³/mol. The number of fused-ring (bicyclic) bond motifs is 5. The zero-order valence-electron chi connectivity index (χ0n) is 24.2. The van der Waals surface area contributed by atoms with Crippen LogP contribution < -0.4 is 10.1 Å². The largest absolute Gasteiger partial charge is 0.464 e. The molecule has 9 rings (SSSR count). The number of anilines is 1. The molecule has 45 heavy (non-hydrogen) atoms. The second-order valence-corrected chi connectivity index (χ2v) is 11.4. The number of hydrogen-bond acceptors (Lipinski definition) is 5. The van der Waals surface area contributed by atoms with Gasteiger partial charge in [0.25, 0.3) is 0 Å². The van der Waals surface area contributed by atoms with E-state index in [9.17, 15) is 0 Å². The molecule has 0 bridgehead atoms. The number of benzene rings is 7. The van der Waals surface area contributed by atoms with Crippen molar-refractivity contribution in [1.29, 1.82) is 0 Å². The summed E-state index contributed by atoms with van der Waals surface area (Å²) in [5.74, 6) is 2.72. The first-order chi connectivity index (χ1) is 22.2. The zero-order valence-corrected chi connectivity index (χ0v) is 24.2. The molecule has 0 spiro atoms. The first kappa shape index (κ1) is 25.4. The minimum atomic E-state index is -0.244. The van der Waals surface area contributed by atoms with E-state index >= 15 is 0 Å².